The van der Waals surface area contributed by atoms with E-state index in [1.165, 1.54) is 0 Å². The van der Waals surface area contributed by atoms with Crippen molar-refractivity contribution >= 4 is 15.8 Å². The fraction of sp³-hybridized carbons (Fsp3) is 0.900. The van der Waals surface area contributed by atoms with E-state index < -0.39 is 45.4 Å². The first-order valence-electron chi connectivity index (χ1n) is 5.60. The van der Waals surface area contributed by atoms with Gasteiger partial charge in [-0.1, -0.05) is 0 Å². The highest BCUT2D eigenvalue weighted by molar-refractivity contribution is 7.92. The van der Waals surface area contributed by atoms with E-state index in [-0.39, 0.29) is 0 Å². The van der Waals surface area contributed by atoms with Gasteiger partial charge < -0.3 is 15.3 Å². The molecule has 0 radical (unpaired) electrons. The van der Waals surface area contributed by atoms with Gasteiger partial charge in [0.15, 0.2) is 9.84 Å². The maximum atomic E-state index is 11.8. The molecule has 1 aliphatic carbocycles. The number of rotatable bonds is 5. The summed E-state index contributed by atoms with van der Waals surface area (Å²) in [7, 11) is -3.45. The number of carboxylic acids is 1. The standard InChI is InChI=1S/C10H18O6S/c11-5-8(12)6-17(15,16)9-3-1-7(2-4-9)10(13)14/h7-9,11-12H,1-6H2,(H,13,14). The Bertz CT molecular complexity index is 355. The lowest BCUT2D eigenvalue weighted by Gasteiger charge is -2.26. The van der Waals surface area contributed by atoms with Crippen molar-refractivity contribution in [3.8, 4) is 0 Å². The summed E-state index contributed by atoms with van der Waals surface area (Å²) in [5.74, 6) is -1.79. The zero-order valence-corrected chi connectivity index (χ0v) is 10.3. The van der Waals surface area contributed by atoms with E-state index in [0.717, 1.165) is 0 Å². The van der Waals surface area contributed by atoms with Gasteiger partial charge >= 0.3 is 5.97 Å². The number of aliphatic hydroxyl groups excluding tert-OH is 2. The lowest BCUT2D eigenvalue weighted by molar-refractivity contribution is -0.142. The van der Waals surface area contributed by atoms with Gasteiger partial charge in [-0.15, -0.1) is 0 Å². The number of hydrogen-bond donors (Lipinski definition) is 3. The molecule has 1 atom stereocenters. The first kappa shape index (κ1) is 14.4. The van der Waals surface area contributed by atoms with Crippen LogP contribution in [0.3, 0.4) is 0 Å². The van der Waals surface area contributed by atoms with Crippen LogP contribution in [0.1, 0.15) is 25.7 Å². The minimum absolute atomic E-state index is 0.317. The average molecular weight is 266 g/mol. The van der Waals surface area contributed by atoms with Crippen molar-refractivity contribution in [2.75, 3.05) is 12.4 Å². The molecule has 1 rings (SSSR count). The fourth-order valence-electron chi connectivity index (χ4n) is 2.13. The van der Waals surface area contributed by atoms with Gasteiger partial charge in [0.2, 0.25) is 0 Å². The molecule has 0 spiro atoms. The van der Waals surface area contributed by atoms with Crippen LogP contribution in [0.25, 0.3) is 0 Å². The molecule has 100 valence electrons. The maximum absolute atomic E-state index is 11.8. The first-order valence-corrected chi connectivity index (χ1v) is 7.31. The third-order valence-corrected chi connectivity index (χ3v) is 5.50. The van der Waals surface area contributed by atoms with Crippen LogP contribution in [0.15, 0.2) is 0 Å². The minimum atomic E-state index is -3.45. The lowest BCUT2D eigenvalue weighted by Crippen LogP contribution is -2.35. The Morgan fingerprint density at radius 1 is 1.24 bits per heavy atom. The van der Waals surface area contributed by atoms with E-state index in [1.54, 1.807) is 0 Å². The molecule has 7 heteroatoms. The monoisotopic (exact) mass is 266 g/mol. The Morgan fingerprint density at radius 2 is 1.76 bits per heavy atom. The number of hydrogen-bond acceptors (Lipinski definition) is 5. The first-order chi connectivity index (χ1) is 7.86. The maximum Gasteiger partial charge on any atom is 0.306 e. The summed E-state index contributed by atoms with van der Waals surface area (Å²) in [6.45, 7) is -0.580. The van der Waals surface area contributed by atoms with Crippen molar-refractivity contribution in [1.29, 1.82) is 0 Å². The number of carbonyl (C=O) groups is 1. The lowest BCUT2D eigenvalue weighted by atomic mass is 9.89. The largest absolute Gasteiger partial charge is 0.481 e. The van der Waals surface area contributed by atoms with Gasteiger partial charge in [-0.2, -0.15) is 0 Å². The molecule has 1 fully saturated rings. The van der Waals surface area contributed by atoms with E-state index in [4.69, 9.17) is 15.3 Å². The van der Waals surface area contributed by atoms with Crippen LogP contribution in [-0.4, -0.2) is 53.4 Å². The van der Waals surface area contributed by atoms with Crippen molar-refractivity contribution in [3.63, 3.8) is 0 Å². The van der Waals surface area contributed by atoms with Gasteiger partial charge in [-0.3, -0.25) is 4.79 Å². The van der Waals surface area contributed by atoms with E-state index >= 15 is 0 Å². The molecule has 1 aliphatic rings. The van der Waals surface area contributed by atoms with Crippen LogP contribution >= 0.6 is 0 Å². The smallest absolute Gasteiger partial charge is 0.306 e. The second-order valence-corrected chi connectivity index (χ2v) is 6.80. The molecule has 0 heterocycles. The molecule has 0 aromatic rings. The van der Waals surface area contributed by atoms with Gasteiger partial charge in [0.1, 0.15) is 0 Å². The van der Waals surface area contributed by atoms with Crippen molar-refractivity contribution in [2.24, 2.45) is 5.92 Å². The molecule has 6 nitrogen and oxygen atoms in total. The zero-order valence-electron chi connectivity index (χ0n) is 9.45. The van der Waals surface area contributed by atoms with Gasteiger partial charge in [-0.25, -0.2) is 8.42 Å². The second-order valence-electron chi connectivity index (χ2n) is 4.48. The number of aliphatic hydroxyl groups is 2. The normalized spacial score (nSPS) is 27.6. The average Bonchev–Trinajstić information content (AvgIpc) is 2.28. The molecule has 3 N–H and O–H groups in total. The molecule has 0 bridgehead atoms. The number of carboxylic acid groups (broad SMARTS) is 1. The fourth-order valence-corrected chi connectivity index (χ4v) is 4.03. The predicted octanol–water partition coefficient (Wildman–Crippen LogP) is -0.602. The highest BCUT2D eigenvalue weighted by Crippen LogP contribution is 2.29. The van der Waals surface area contributed by atoms with E-state index in [1.807, 2.05) is 0 Å². The Hall–Kier alpha value is -0.660. The van der Waals surface area contributed by atoms with Crippen LogP contribution in [0.4, 0.5) is 0 Å². The van der Waals surface area contributed by atoms with Crippen LogP contribution < -0.4 is 0 Å². The van der Waals surface area contributed by atoms with Crippen LogP contribution in [0.2, 0.25) is 0 Å². The van der Waals surface area contributed by atoms with Crippen LogP contribution in [0, 0.1) is 5.92 Å². The van der Waals surface area contributed by atoms with Gasteiger partial charge in [0.05, 0.1) is 29.6 Å². The third-order valence-electron chi connectivity index (χ3n) is 3.17. The Labute approximate surface area is 100 Å². The Morgan fingerprint density at radius 3 is 2.18 bits per heavy atom. The molecule has 0 amide bonds. The third kappa shape index (κ3) is 3.93. The van der Waals surface area contributed by atoms with E-state index in [9.17, 15) is 13.2 Å². The second kappa shape index (κ2) is 5.79. The number of sulfone groups is 1. The topological polar surface area (TPSA) is 112 Å². The summed E-state index contributed by atoms with van der Waals surface area (Å²) in [6, 6.07) is 0. The van der Waals surface area contributed by atoms with Crippen molar-refractivity contribution in [2.45, 2.75) is 37.0 Å². The molecule has 0 aromatic carbocycles. The molecule has 1 unspecified atom stereocenters. The molecular weight excluding hydrogens is 248 g/mol. The van der Waals surface area contributed by atoms with Gasteiger partial charge in [-0.05, 0) is 25.7 Å². The molecule has 0 saturated heterocycles. The molecule has 17 heavy (non-hydrogen) atoms. The van der Waals surface area contributed by atoms with E-state index in [2.05, 4.69) is 0 Å². The quantitative estimate of drug-likeness (QED) is 0.612. The minimum Gasteiger partial charge on any atom is -0.481 e. The highest BCUT2D eigenvalue weighted by atomic mass is 32.2. The zero-order chi connectivity index (χ0) is 13.1. The summed E-state index contributed by atoms with van der Waals surface area (Å²) >= 11 is 0. The molecule has 1 saturated carbocycles. The molecule has 0 aromatic heterocycles. The summed E-state index contributed by atoms with van der Waals surface area (Å²) in [5, 5.41) is 26.0. The molecule has 0 aliphatic heterocycles. The van der Waals surface area contributed by atoms with Gasteiger partial charge in [0, 0.05) is 0 Å². The van der Waals surface area contributed by atoms with Gasteiger partial charge in [0.25, 0.3) is 0 Å². The van der Waals surface area contributed by atoms with E-state index in [0.29, 0.717) is 25.7 Å². The highest BCUT2D eigenvalue weighted by Gasteiger charge is 2.34. The number of aliphatic carboxylic acids is 1. The van der Waals surface area contributed by atoms with Crippen molar-refractivity contribution in [1.82, 2.24) is 0 Å². The predicted molar refractivity (Wildman–Crippen MR) is 60.3 cm³/mol. The summed E-state index contributed by atoms with van der Waals surface area (Å²) in [4.78, 5) is 10.7. The van der Waals surface area contributed by atoms with Crippen molar-refractivity contribution in [3.05, 3.63) is 0 Å². The molecular formula is C10H18O6S. The summed E-state index contributed by atoms with van der Waals surface area (Å²) in [6.07, 6.45) is 0.0924. The Balaban J connectivity index is 2.56. The Kier molecular flexibility index (Phi) is 4.91. The summed E-state index contributed by atoms with van der Waals surface area (Å²) in [5.41, 5.74) is 0. The summed E-state index contributed by atoms with van der Waals surface area (Å²) < 4.78 is 23.6. The van der Waals surface area contributed by atoms with Crippen LogP contribution in [0.5, 0.6) is 0 Å². The van der Waals surface area contributed by atoms with Crippen molar-refractivity contribution < 1.29 is 28.5 Å². The van der Waals surface area contributed by atoms with Crippen LogP contribution in [-0.2, 0) is 14.6 Å². The SMILES string of the molecule is O=C(O)C1CCC(S(=O)(=O)CC(O)CO)CC1.